The Hall–Kier alpha value is -2.03. The van der Waals surface area contributed by atoms with Crippen molar-refractivity contribution in [1.82, 2.24) is 0 Å². The Balaban J connectivity index is 2.27. The van der Waals surface area contributed by atoms with Crippen molar-refractivity contribution in [3.8, 4) is 5.75 Å². The molecule has 2 aromatic carbocycles. The van der Waals surface area contributed by atoms with Gasteiger partial charge in [-0.2, -0.15) is 0 Å². The van der Waals surface area contributed by atoms with Crippen molar-refractivity contribution >= 4 is 16.7 Å². The third kappa shape index (κ3) is 3.05. The monoisotopic (exact) mass is 257 g/mol. The largest absolute Gasteiger partial charge is 0.478 e. The zero-order valence-electron chi connectivity index (χ0n) is 11.0. The molecule has 0 heterocycles. The normalized spacial score (nSPS) is 12.1. The van der Waals surface area contributed by atoms with Gasteiger partial charge in [0.15, 0.2) is 6.10 Å². The van der Waals surface area contributed by atoms with Gasteiger partial charge in [-0.3, -0.25) is 0 Å². The summed E-state index contributed by atoms with van der Waals surface area (Å²) in [4.78, 5) is 11.7. The molecule has 0 saturated heterocycles. The Labute approximate surface area is 113 Å². The molecule has 0 saturated carbocycles. The first-order valence-corrected chi connectivity index (χ1v) is 6.36. The van der Waals surface area contributed by atoms with Crippen LogP contribution in [0.25, 0.3) is 10.8 Å². The highest BCUT2D eigenvalue weighted by molar-refractivity contribution is 5.88. The highest BCUT2D eigenvalue weighted by atomic mass is 16.6. The smallest absolute Gasteiger partial charge is 0.347 e. The highest BCUT2D eigenvalue weighted by Crippen LogP contribution is 2.26. The van der Waals surface area contributed by atoms with Crippen molar-refractivity contribution < 1.29 is 14.3 Å². The zero-order valence-corrected chi connectivity index (χ0v) is 11.0. The second-order valence-corrected chi connectivity index (χ2v) is 4.12. The molecule has 3 heteroatoms. The summed E-state index contributed by atoms with van der Waals surface area (Å²) in [6.07, 6.45) is -0.326. The van der Waals surface area contributed by atoms with Crippen molar-refractivity contribution in [1.29, 1.82) is 0 Å². The Morgan fingerprint density at radius 3 is 2.68 bits per heavy atom. The van der Waals surface area contributed by atoms with Crippen LogP contribution in [-0.2, 0) is 9.53 Å². The van der Waals surface area contributed by atoms with Gasteiger partial charge in [-0.25, -0.2) is 4.79 Å². The molecule has 0 aliphatic heterocycles. The first-order valence-electron chi connectivity index (χ1n) is 6.36. The second kappa shape index (κ2) is 6.23. The summed E-state index contributed by atoms with van der Waals surface area (Å²) in [6, 6.07) is 13.6. The third-order valence-corrected chi connectivity index (χ3v) is 2.83. The van der Waals surface area contributed by atoms with Crippen LogP contribution in [0.3, 0.4) is 0 Å². The molecule has 1 radical (unpaired) electrons. The van der Waals surface area contributed by atoms with E-state index in [0.717, 1.165) is 10.8 Å². The molecule has 0 spiro atoms. The molecule has 19 heavy (non-hydrogen) atoms. The van der Waals surface area contributed by atoms with E-state index in [1.807, 2.05) is 42.5 Å². The molecule has 0 aromatic heterocycles. The standard InChI is InChI=1S/C16H17O3/c1-3-14(16(17)18-4-2)19-15-11-7-9-12-8-5-6-10-13(12)15/h5-11,14H,1,3-4H2,2H3. The molecule has 0 bridgehead atoms. The lowest BCUT2D eigenvalue weighted by Crippen LogP contribution is -2.28. The van der Waals surface area contributed by atoms with E-state index < -0.39 is 6.10 Å². The van der Waals surface area contributed by atoms with E-state index in [0.29, 0.717) is 18.8 Å². The molecule has 2 rings (SSSR count). The molecule has 0 aliphatic carbocycles. The van der Waals surface area contributed by atoms with Gasteiger partial charge in [-0.1, -0.05) is 36.4 Å². The van der Waals surface area contributed by atoms with Gasteiger partial charge < -0.3 is 9.47 Å². The maximum Gasteiger partial charge on any atom is 0.347 e. The Kier molecular flexibility index (Phi) is 4.39. The van der Waals surface area contributed by atoms with Crippen LogP contribution in [0.4, 0.5) is 0 Å². The summed E-state index contributed by atoms with van der Waals surface area (Å²) in [5, 5.41) is 2.06. The summed E-state index contributed by atoms with van der Waals surface area (Å²) in [6.45, 7) is 5.86. The number of hydrogen-bond donors (Lipinski definition) is 0. The number of ether oxygens (including phenoxy) is 2. The maximum absolute atomic E-state index is 11.7. The van der Waals surface area contributed by atoms with E-state index in [1.165, 1.54) is 0 Å². The van der Waals surface area contributed by atoms with Gasteiger partial charge in [0.05, 0.1) is 6.61 Å². The van der Waals surface area contributed by atoms with E-state index in [9.17, 15) is 4.79 Å². The van der Waals surface area contributed by atoms with Gasteiger partial charge in [0, 0.05) is 5.39 Å². The van der Waals surface area contributed by atoms with Crippen molar-refractivity contribution in [2.45, 2.75) is 19.4 Å². The number of carbonyl (C=O) groups excluding carboxylic acids is 1. The number of benzene rings is 2. The van der Waals surface area contributed by atoms with Crippen LogP contribution in [0.1, 0.15) is 13.3 Å². The molecular weight excluding hydrogens is 240 g/mol. The van der Waals surface area contributed by atoms with Gasteiger partial charge in [0.1, 0.15) is 5.75 Å². The number of carbonyl (C=O) groups is 1. The van der Waals surface area contributed by atoms with Crippen LogP contribution in [0.2, 0.25) is 0 Å². The van der Waals surface area contributed by atoms with Crippen molar-refractivity contribution in [3.63, 3.8) is 0 Å². The average Bonchev–Trinajstić information content (AvgIpc) is 2.45. The zero-order chi connectivity index (χ0) is 13.7. The maximum atomic E-state index is 11.7. The quantitative estimate of drug-likeness (QED) is 0.770. The van der Waals surface area contributed by atoms with E-state index in [1.54, 1.807) is 6.92 Å². The lowest BCUT2D eigenvalue weighted by atomic mass is 10.1. The Morgan fingerprint density at radius 2 is 1.95 bits per heavy atom. The molecule has 2 aromatic rings. The summed E-state index contributed by atoms with van der Waals surface area (Å²) >= 11 is 0. The third-order valence-electron chi connectivity index (χ3n) is 2.83. The van der Waals surface area contributed by atoms with Gasteiger partial charge in [-0.05, 0) is 31.7 Å². The Bertz CT molecular complexity index is 557. The molecule has 0 fully saturated rings. The lowest BCUT2D eigenvalue weighted by molar-refractivity contribution is -0.151. The van der Waals surface area contributed by atoms with E-state index in [-0.39, 0.29) is 5.97 Å². The summed E-state index contributed by atoms with van der Waals surface area (Å²) in [5.74, 6) is 0.310. The topological polar surface area (TPSA) is 35.5 Å². The molecule has 0 N–H and O–H groups in total. The van der Waals surface area contributed by atoms with Gasteiger partial charge in [0.2, 0.25) is 0 Å². The number of fused-ring (bicyclic) bond motifs is 1. The van der Waals surface area contributed by atoms with Crippen molar-refractivity contribution in [2.24, 2.45) is 0 Å². The van der Waals surface area contributed by atoms with Crippen LogP contribution in [0.15, 0.2) is 42.5 Å². The number of hydrogen-bond acceptors (Lipinski definition) is 3. The van der Waals surface area contributed by atoms with Crippen LogP contribution in [0.5, 0.6) is 5.75 Å². The molecule has 1 atom stereocenters. The molecular formula is C16H17O3. The van der Waals surface area contributed by atoms with Gasteiger partial charge >= 0.3 is 5.97 Å². The fourth-order valence-corrected chi connectivity index (χ4v) is 1.91. The average molecular weight is 257 g/mol. The summed E-state index contributed by atoms with van der Waals surface area (Å²) in [5.41, 5.74) is 0. The molecule has 0 aliphatic rings. The van der Waals surface area contributed by atoms with Crippen molar-refractivity contribution in [2.75, 3.05) is 6.61 Å². The minimum atomic E-state index is -0.661. The number of rotatable bonds is 5. The first-order chi connectivity index (χ1) is 9.26. The SMILES string of the molecule is [CH2]CC(Oc1cccc2ccccc12)C(=O)OCC. The highest BCUT2D eigenvalue weighted by Gasteiger charge is 2.20. The van der Waals surface area contributed by atoms with Crippen LogP contribution in [-0.4, -0.2) is 18.7 Å². The number of esters is 1. The minimum absolute atomic E-state index is 0.335. The summed E-state index contributed by atoms with van der Waals surface area (Å²) in [7, 11) is 0. The predicted molar refractivity (Wildman–Crippen MR) is 75.0 cm³/mol. The van der Waals surface area contributed by atoms with E-state index >= 15 is 0 Å². The Morgan fingerprint density at radius 1 is 1.21 bits per heavy atom. The minimum Gasteiger partial charge on any atom is -0.478 e. The van der Waals surface area contributed by atoms with E-state index in [2.05, 4.69) is 6.92 Å². The lowest BCUT2D eigenvalue weighted by Gasteiger charge is -2.17. The first kappa shape index (κ1) is 13.4. The van der Waals surface area contributed by atoms with Crippen LogP contribution >= 0.6 is 0 Å². The molecule has 3 nitrogen and oxygen atoms in total. The van der Waals surface area contributed by atoms with Crippen LogP contribution in [0, 0.1) is 6.92 Å². The second-order valence-electron chi connectivity index (χ2n) is 4.12. The molecule has 99 valence electrons. The van der Waals surface area contributed by atoms with Crippen LogP contribution < -0.4 is 4.74 Å². The summed E-state index contributed by atoms with van der Waals surface area (Å²) < 4.78 is 10.7. The fourth-order valence-electron chi connectivity index (χ4n) is 1.91. The predicted octanol–water partition coefficient (Wildman–Crippen LogP) is 3.37. The van der Waals surface area contributed by atoms with Gasteiger partial charge in [-0.15, -0.1) is 0 Å². The molecule has 1 unspecified atom stereocenters. The van der Waals surface area contributed by atoms with E-state index in [4.69, 9.17) is 9.47 Å². The fraction of sp³-hybridized carbons (Fsp3) is 0.250. The van der Waals surface area contributed by atoms with Crippen molar-refractivity contribution in [3.05, 3.63) is 49.4 Å². The molecule has 0 amide bonds. The van der Waals surface area contributed by atoms with Gasteiger partial charge in [0.25, 0.3) is 0 Å².